The number of amides is 1. The molecule has 0 aromatic heterocycles. The summed E-state index contributed by atoms with van der Waals surface area (Å²) < 4.78 is 0. The summed E-state index contributed by atoms with van der Waals surface area (Å²) in [6, 6.07) is 6.26. The molecule has 7 heteroatoms. The number of piperazine rings is 1. The van der Waals surface area contributed by atoms with Gasteiger partial charge in [-0.05, 0) is 12.1 Å². The molecule has 1 aromatic rings. The Hall–Kier alpha value is -1.99. The zero-order valence-electron chi connectivity index (χ0n) is 11.7. The van der Waals surface area contributed by atoms with Gasteiger partial charge in [0.2, 0.25) is 0 Å². The predicted octanol–water partition coefficient (Wildman–Crippen LogP) is 0.324. The highest BCUT2D eigenvalue weighted by molar-refractivity contribution is 5.95. The summed E-state index contributed by atoms with van der Waals surface area (Å²) in [5.74, 6) is -0.0451. The van der Waals surface area contributed by atoms with Crippen LogP contribution in [0.1, 0.15) is 10.4 Å². The van der Waals surface area contributed by atoms with Crippen LogP contribution in [0.4, 0.5) is 5.69 Å². The lowest BCUT2D eigenvalue weighted by Crippen LogP contribution is -2.63. The van der Waals surface area contributed by atoms with Gasteiger partial charge in [-0.15, -0.1) is 0 Å². The lowest BCUT2D eigenvalue weighted by atomic mass is 10.0. The van der Waals surface area contributed by atoms with E-state index in [1.165, 1.54) is 24.3 Å². The van der Waals surface area contributed by atoms with E-state index >= 15 is 0 Å². The zero-order chi connectivity index (χ0) is 14.8. The second-order valence-electron chi connectivity index (χ2n) is 5.45. The molecule has 0 unspecified atom stereocenters. The number of carbonyl (C=O) groups excluding carboxylic acids is 1. The summed E-state index contributed by atoms with van der Waals surface area (Å²) in [5, 5.41) is 13.9. The standard InChI is InChI=1S/C14H18N4O3/c19-14(11-1-3-12(4-2-11)18(20)21)17-9-13(10-17)16-7-5-15-6-8-16/h1-4,13,15H,5-10H2. The number of nitro benzene ring substituents is 1. The van der Waals surface area contributed by atoms with Crippen molar-refractivity contribution in [2.45, 2.75) is 6.04 Å². The number of likely N-dealkylation sites (tertiary alicyclic amines) is 1. The summed E-state index contributed by atoms with van der Waals surface area (Å²) in [6.45, 7) is 5.57. The molecule has 2 saturated heterocycles. The quantitative estimate of drug-likeness (QED) is 0.641. The molecule has 0 saturated carbocycles. The monoisotopic (exact) mass is 290 g/mol. The Morgan fingerprint density at radius 2 is 1.81 bits per heavy atom. The number of hydrogen-bond donors (Lipinski definition) is 1. The fourth-order valence-electron chi connectivity index (χ4n) is 2.81. The molecule has 2 aliphatic heterocycles. The van der Waals surface area contributed by atoms with E-state index in [0.717, 1.165) is 39.3 Å². The van der Waals surface area contributed by atoms with Crippen molar-refractivity contribution in [2.24, 2.45) is 0 Å². The van der Waals surface area contributed by atoms with E-state index in [2.05, 4.69) is 10.2 Å². The topological polar surface area (TPSA) is 78.7 Å². The lowest BCUT2D eigenvalue weighted by Gasteiger charge is -2.46. The van der Waals surface area contributed by atoms with Crippen LogP contribution in [-0.2, 0) is 0 Å². The molecule has 0 aliphatic carbocycles. The van der Waals surface area contributed by atoms with Crippen molar-refractivity contribution >= 4 is 11.6 Å². The second kappa shape index (κ2) is 5.79. The highest BCUT2D eigenvalue weighted by atomic mass is 16.6. The van der Waals surface area contributed by atoms with Crippen LogP contribution in [0, 0.1) is 10.1 Å². The van der Waals surface area contributed by atoms with Gasteiger partial charge in [-0.2, -0.15) is 0 Å². The fourth-order valence-corrected chi connectivity index (χ4v) is 2.81. The lowest BCUT2D eigenvalue weighted by molar-refractivity contribution is -0.384. The molecule has 3 rings (SSSR count). The van der Waals surface area contributed by atoms with Crippen molar-refractivity contribution < 1.29 is 9.72 Å². The molecule has 2 heterocycles. The Labute approximate surface area is 122 Å². The maximum atomic E-state index is 12.3. The SMILES string of the molecule is O=C(c1ccc([N+](=O)[O-])cc1)N1CC(N2CCNCC2)C1. The van der Waals surface area contributed by atoms with Gasteiger partial charge in [0.15, 0.2) is 0 Å². The average molecular weight is 290 g/mol. The van der Waals surface area contributed by atoms with E-state index in [1.54, 1.807) is 4.90 Å². The van der Waals surface area contributed by atoms with Crippen LogP contribution in [0.25, 0.3) is 0 Å². The summed E-state index contributed by atoms with van der Waals surface area (Å²) in [6.07, 6.45) is 0. The maximum Gasteiger partial charge on any atom is 0.269 e. The third kappa shape index (κ3) is 2.88. The van der Waals surface area contributed by atoms with Crippen LogP contribution in [-0.4, -0.2) is 65.9 Å². The first kappa shape index (κ1) is 14.0. The van der Waals surface area contributed by atoms with Gasteiger partial charge in [0, 0.05) is 63.0 Å². The van der Waals surface area contributed by atoms with Crippen molar-refractivity contribution in [2.75, 3.05) is 39.3 Å². The molecule has 0 radical (unpaired) electrons. The molecule has 0 bridgehead atoms. The molecular weight excluding hydrogens is 272 g/mol. The molecule has 1 aromatic carbocycles. The first-order chi connectivity index (χ1) is 10.1. The van der Waals surface area contributed by atoms with Crippen LogP contribution in [0.15, 0.2) is 24.3 Å². The number of rotatable bonds is 3. The summed E-state index contributed by atoms with van der Waals surface area (Å²) in [4.78, 5) is 26.6. The number of hydrogen-bond acceptors (Lipinski definition) is 5. The molecule has 0 atom stereocenters. The highest BCUT2D eigenvalue weighted by Gasteiger charge is 2.35. The summed E-state index contributed by atoms with van der Waals surface area (Å²) in [7, 11) is 0. The van der Waals surface area contributed by atoms with E-state index in [-0.39, 0.29) is 11.6 Å². The van der Waals surface area contributed by atoms with Crippen molar-refractivity contribution in [1.29, 1.82) is 0 Å². The average Bonchev–Trinajstić information content (AvgIpc) is 2.47. The van der Waals surface area contributed by atoms with Crippen LogP contribution < -0.4 is 5.32 Å². The minimum Gasteiger partial charge on any atom is -0.335 e. The zero-order valence-corrected chi connectivity index (χ0v) is 11.7. The summed E-state index contributed by atoms with van der Waals surface area (Å²) >= 11 is 0. The molecule has 7 nitrogen and oxygen atoms in total. The predicted molar refractivity (Wildman–Crippen MR) is 77.2 cm³/mol. The van der Waals surface area contributed by atoms with Crippen LogP contribution >= 0.6 is 0 Å². The molecule has 112 valence electrons. The third-order valence-corrected chi connectivity index (χ3v) is 4.14. The number of non-ortho nitro benzene ring substituents is 1. The van der Waals surface area contributed by atoms with Gasteiger partial charge in [0.25, 0.3) is 11.6 Å². The van der Waals surface area contributed by atoms with Crippen LogP contribution in [0.5, 0.6) is 0 Å². The Kier molecular flexibility index (Phi) is 3.85. The Bertz CT molecular complexity index is 534. The van der Waals surface area contributed by atoms with Gasteiger partial charge >= 0.3 is 0 Å². The number of nitrogens with one attached hydrogen (secondary N) is 1. The highest BCUT2D eigenvalue weighted by Crippen LogP contribution is 2.20. The van der Waals surface area contributed by atoms with E-state index in [4.69, 9.17) is 0 Å². The number of nitro groups is 1. The number of carbonyl (C=O) groups is 1. The van der Waals surface area contributed by atoms with Gasteiger partial charge < -0.3 is 10.2 Å². The van der Waals surface area contributed by atoms with Gasteiger partial charge in [0.1, 0.15) is 0 Å². The fraction of sp³-hybridized carbons (Fsp3) is 0.500. The maximum absolute atomic E-state index is 12.3. The Morgan fingerprint density at radius 1 is 1.19 bits per heavy atom. The van der Waals surface area contributed by atoms with E-state index in [1.807, 2.05) is 0 Å². The molecule has 2 aliphatic rings. The van der Waals surface area contributed by atoms with Crippen molar-refractivity contribution in [3.05, 3.63) is 39.9 Å². The van der Waals surface area contributed by atoms with Crippen molar-refractivity contribution in [3.63, 3.8) is 0 Å². The van der Waals surface area contributed by atoms with Gasteiger partial charge in [-0.3, -0.25) is 19.8 Å². The Balaban J connectivity index is 1.56. The third-order valence-electron chi connectivity index (χ3n) is 4.14. The van der Waals surface area contributed by atoms with Crippen molar-refractivity contribution in [3.8, 4) is 0 Å². The molecule has 2 fully saturated rings. The van der Waals surface area contributed by atoms with Crippen LogP contribution in [0.2, 0.25) is 0 Å². The first-order valence-electron chi connectivity index (χ1n) is 7.13. The number of benzene rings is 1. The largest absolute Gasteiger partial charge is 0.335 e. The molecule has 1 N–H and O–H groups in total. The van der Waals surface area contributed by atoms with Gasteiger partial charge in [0.05, 0.1) is 4.92 Å². The van der Waals surface area contributed by atoms with E-state index < -0.39 is 4.92 Å². The normalized spacial score (nSPS) is 20.1. The summed E-state index contributed by atoms with van der Waals surface area (Å²) in [5.41, 5.74) is 0.521. The van der Waals surface area contributed by atoms with Gasteiger partial charge in [-0.1, -0.05) is 0 Å². The molecule has 1 amide bonds. The molecule has 0 spiro atoms. The van der Waals surface area contributed by atoms with Crippen LogP contribution in [0.3, 0.4) is 0 Å². The second-order valence-corrected chi connectivity index (χ2v) is 5.45. The molecular formula is C14H18N4O3. The molecule has 21 heavy (non-hydrogen) atoms. The minimum absolute atomic E-state index is 0.00820. The van der Waals surface area contributed by atoms with E-state index in [9.17, 15) is 14.9 Å². The Morgan fingerprint density at radius 3 is 2.38 bits per heavy atom. The first-order valence-corrected chi connectivity index (χ1v) is 7.13. The van der Waals surface area contributed by atoms with E-state index in [0.29, 0.717) is 11.6 Å². The van der Waals surface area contributed by atoms with Gasteiger partial charge in [-0.25, -0.2) is 0 Å². The van der Waals surface area contributed by atoms with Crippen molar-refractivity contribution in [1.82, 2.24) is 15.1 Å². The minimum atomic E-state index is -0.460. The number of nitrogens with zero attached hydrogens (tertiary/aromatic N) is 3. The smallest absolute Gasteiger partial charge is 0.269 e.